The van der Waals surface area contributed by atoms with Crippen LogP contribution in [0.5, 0.6) is 0 Å². The molecule has 1 aliphatic rings. The minimum Gasteiger partial charge on any atom is -0.381 e. The monoisotopic (exact) mass is 482 g/mol. The summed E-state index contributed by atoms with van der Waals surface area (Å²) in [6, 6.07) is 3.92. The lowest BCUT2D eigenvalue weighted by molar-refractivity contribution is -0.141. The van der Waals surface area contributed by atoms with Crippen molar-refractivity contribution in [3.8, 4) is 0 Å². The number of methoxy groups -OCH3 is 1. The molecule has 0 radical (unpaired) electrons. The molecule has 1 atom stereocenters. The fourth-order valence-corrected chi connectivity index (χ4v) is 4.36. The SMILES string of the molecule is COC(c1c(CC(=O)Cc2ccnc(C(F)(F)F)c2)cnc2cc(Cl)nn12)C1CCOCC1. The summed E-state index contributed by atoms with van der Waals surface area (Å²) in [5, 5.41) is 4.59. The molecule has 0 N–H and O–H groups in total. The third-order valence-electron chi connectivity index (χ3n) is 5.69. The summed E-state index contributed by atoms with van der Waals surface area (Å²) in [4.78, 5) is 20.6. The maximum atomic E-state index is 13.0. The molecule has 1 fully saturated rings. The van der Waals surface area contributed by atoms with Crippen LogP contribution in [0.15, 0.2) is 30.6 Å². The summed E-state index contributed by atoms with van der Waals surface area (Å²) in [7, 11) is 1.60. The van der Waals surface area contributed by atoms with E-state index in [0.29, 0.717) is 30.1 Å². The molecule has 1 unspecified atom stereocenters. The average Bonchev–Trinajstić information content (AvgIpc) is 3.16. The minimum absolute atomic E-state index is 0.0392. The Kier molecular flexibility index (Phi) is 6.96. The van der Waals surface area contributed by atoms with E-state index in [1.165, 1.54) is 6.07 Å². The standard InChI is InChI=1S/C22H22ClF3N4O3/c1-32-21(14-3-6-33-7-4-14)20-15(12-28-19-11-18(23)29-30(19)20)10-16(31)8-13-2-5-27-17(9-13)22(24,25)26/h2,5,9,11-12,14,21H,3-4,6-8,10H2,1H3. The van der Waals surface area contributed by atoms with Crippen LogP contribution in [-0.4, -0.2) is 45.7 Å². The van der Waals surface area contributed by atoms with Gasteiger partial charge in [-0.05, 0) is 36.5 Å². The Bertz CT molecular complexity index is 1150. The number of hydrogen-bond donors (Lipinski definition) is 0. The van der Waals surface area contributed by atoms with Crippen LogP contribution in [0.2, 0.25) is 5.15 Å². The van der Waals surface area contributed by atoms with E-state index >= 15 is 0 Å². The molecule has 176 valence electrons. The number of halogens is 4. The largest absolute Gasteiger partial charge is 0.433 e. The fraction of sp³-hybridized carbons (Fsp3) is 0.455. The zero-order chi connectivity index (χ0) is 23.6. The number of alkyl halides is 3. The minimum atomic E-state index is -4.57. The van der Waals surface area contributed by atoms with E-state index in [1.807, 2.05) is 0 Å². The molecule has 11 heteroatoms. The van der Waals surface area contributed by atoms with E-state index in [9.17, 15) is 18.0 Å². The van der Waals surface area contributed by atoms with Gasteiger partial charge in [0.05, 0.1) is 5.69 Å². The van der Waals surface area contributed by atoms with Crippen LogP contribution in [0.1, 0.15) is 41.5 Å². The van der Waals surface area contributed by atoms with Crippen molar-refractivity contribution < 1.29 is 27.4 Å². The molecule has 0 aromatic carbocycles. The summed E-state index contributed by atoms with van der Waals surface area (Å²) < 4.78 is 51.8. The van der Waals surface area contributed by atoms with Gasteiger partial charge in [-0.2, -0.15) is 18.3 Å². The number of carbonyl (C=O) groups excluding carboxylic acids is 1. The Morgan fingerprint density at radius 1 is 1.27 bits per heavy atom. The van der Waals surface area contributed by atoms with Crippen LogP contribution in [0.25, 0.3) is 5.65 Å². The Labute approximate surface area is 192 Å². The topological polar surface area (TPSA) is 78.6 Å². The van der Waals surface area contributed by atoms with E-state index in [1.54, 1.807) is 23.9 Å². The second-order valence-electron chi connectivity index (χ2n) is 7.95. The van der Waals surface area contributed by atoms with Crippen LogP contribution in [0.4, 0.5) is 13.2 Å². The molecule has 0 aliphatic carbocycles. The van der Waals surface area contributed by atoms with Crippen molar-refractivity contribution >= 4 is 23.0 Å². The quantitative estimate of drug-likeness (QED) is 0.500. The summed E-state index contributed by atoms with van der Waals surface area (Å²) in [5.74, 6) is -0.127. The molecular formula is C22H22ClF3N4O3. The van der Waals surface area contributed by atoms with E-state index in [0.717, 1.165) is 25.1 Å². The number of aromatic nitrogens is 4. The van der Waals surface area contributed by atoms with Crippen molar-refractivity contribution in [2.45, 2.75) is 38.0 Å². The molecule has 7 nitrogen and oxygen atoms in total. The first kappa shape index (κ1) is 23.6. The van der Waals surface area contributed by atoms with Gasteiger partial charge in [0, 0.05) is 57.2 Å². The molecule has 1 saturated heterocycles. The van der Waals surface area contributed by atoms with Gasteiger partial charge in [-0.3, -0.25) is 9.78 Å². The number of nitrogens with zero attached hydrogens (tertiary/aromatic N) is 4. The Morgan fingerprint density at radius 3 is 2.73 bits per heavy atom. The van der Waals surface area contributed by atoms with Gasteiger partial charge in [-0.1, -0.05) is 11.6 Å². The van der Waals surface area contributed by atoms with Crippen LogP contribution in [0.3, 0.4) is 0 Å². The molecule has 3 aromatic rings. The van der Waals surface area contributed by atoms with Crippen LogP contribution in [0, 0.1) is 5.92 Å². The lowest BCUT2D eigenvalue weighted by atomic mass is 9.89. The van der Waals surface area contributed by atoms with Gasteiger partial charge in [0.1, 0.15) is 17.6 Å². The van der Waals surface area contributed by atoms with Gasteiger partial charge in [-0.25, -0.2) is 9.50 Å². The second-order valence-corrected chi connectivity index (χ2v) is 8.34. The van der Waals surface area contributed by atoms with E-state index in [4.69, 9.17) is 21.1 Å². The summed E-state index contributed by atoms with van der Waals surface area (Å²) >= 11 is 6.11. The predicted octanol–water partition coefficient (Wildman–Crippen LogP) is 4.26. The molecule has 1 aliphatic heterocycles. The first-order valence-corrected chi connectivity index (χ1v) is 10.8. The number of pyridine rings is 1. The van der Waals surface area contributed by atoms with Crippen LogP contribution >= 0.6 is 11.6 Å². The zero-order valence-electron chi connectivity index (χ0n) is 17.8. The molecule has 0 bridgehead atoms. The lowest BCUT2D eigenvalue weighted by Crippen LogP contribution is -2.26. The summed E-state index contributed by atoms with van der Waals surface area (Å²) in [6.45, 7) is 1.22. The Balaban J connectivity index is 1.64. The fourth-order valence-electron chi connectivity index (χ4n) is 4.19. The number of ketones is 1. The number of ether oxygens (including phenoxy) is 2. The van der Waals surface area contributed by atoms with Crippen molar-refractivity contribution in [3.05, 3.63) is 58.3 Å². The number of fused-ring (bicyclic) bond motifs is 1. The zero-order valence-corrected chi connectivity index (χ0v) is 18.6. The van der Waals surface area contributed by atoms with Gasteiger partial charge >= 0.3 is 6.18 Å². The number of hydrogen-bond acceptors (Lipinski definition) is 6. The molecule has 0 saturated carbocycles. The third kappa shape index (κ3) is 5.34. The number of rotatable bonds is 7. The highest BCUT2D eigenvalue weighted by Gasteiger charge is 2.33. The highest BCUT2D eigenvalue weighted by molar-refractivity contribution is 6.29. The van der Waals surface area contributed by atoms with Crippen LogP contribution in [-0.2, 0) is 33.3 Å². The highest BCUT2D eigenvalue weighted by atomic mass is 35.5. The smallest absolute Gasteiger partial charge is 0.381 e. The van der Waals surface area contributed by atoms with Crippen molar-refractivity contribution in [2.75, 3.05) is 20.3 Å². The highest BCUT2D eigenvalue weighted by Crippen LogP contribution is 2.35. The predicted molar refractivity (Wildman–Crippen MR) is 113 cm³/mol. The van der Waals surface area contributed by atoms with Crippen molar-refractivity contribution in [2.24, 2.45) is 5.92 Å². The average molecular weight is 483 g/mol. The van der Waals surface area contributed by atoms with E-state index in [2.05, 4.69) is 15.1 Å². The molecular weight excluding hydrogens is 461 g/mol. The van der Waals surface area contributed by atoms with Crippen molar-refractivity contribution in [3.63, 3.8) is 0 Å². The van der Waals surface area contributed by atoms with Gasteiger partial charge in [0.15, 0.2) is 10.8 Å². The van der Waals surface area contributed by atoms with Crippen molar-refractivity contribution in [1.82, 2.24) is 19.6 Å². The molecule has 33 heavy (non-hydrogen) atoms. The summed E-state index contributed by atoms with van der Waals surface area (Å²) in [5.41, 5.74) is 0.995. The second kappa shape index (κ2) is 9.74. The van der Waals surface area contributed by atoms with Gasteiger partial charge < -0.3 is 9.47 Å². The number of Topliss-reactive ketones (excluding diaryl/α,β-unsaturated/α-hetero) is 1. The van der Waals surface area contributed by atoms with Gasteiger partial charge in [0.2, 0.25) is 0 Å². The molecule has 4 heterocycles. The Hall–Kier alpha value is -2.56. The van der Waals surface area contributed by atoms with Crippen molar-refractivity contribution in [1.29, 1.82) is 0 Å². The molecule has 3 aromatic heterocycles. The van der Waals surface area contributed by atoms with Crippen LogP contribution < -0.4 is 0 Å². The third-order valence-corrected chi connectivity index (χ3v) is 5.88. The maximum Gasteiger partial charge on any atom is 0.433 e. The molecule has 0 spiro atoms. The molecule has 0 amide bonds. The molecule has 4 rings (SSSR count). The first-order chi connectivity index (χ1) is 15.8. The number of carbonyl (C=O) groups is 1. The lowest BCUT2D eigenvalue weighted by Gasteiger charge is -2.30. The first-order valence-electron chi connectivity index (χ1n) is 10.4. The van der Waals surface area contributed by atoms with Gasteiger partial charge in [0.25, 0.3) is 0 Å². The normalized spacial score (nSPS) is 16.3. The Morgan fingerprint density at radius 2 is 2.03 bits per heavy atom. The van der Waals surface area contributed by atoms with E-state index in [-0.39, 0.29) is 41.4 Å². The van der Waals surface area contributed by atoms with Gasteiger partial charge in [-0.15, -0.1) is 0 Å². The maximum absolute atomic E-state index is 13.0. The van der Waals surface area contributed by atoms with E-state index < -0.39 is 11.9 Å². The summed E-state index contributed by atoms with van der Waals surface area (Å²) in [6.07, 6.45) is -0.960.